The van der Waals surface area contributed by atoms with Gasteiger partial charge in [-0.3, -0.25) is 9.59 Å². The first-order valence-electron chi connectivity index (χ1n) is 9.57. The van der Waals surface area contributed by atoms with Crippen LogP contribution >= 0.6 is 0 Å². The summed E-state index contributed by atoms with van der Waals surface area (Å²) in [5, 5.41) is 2.02. The molecule has 0 N–H and O–H groups in total. The molecule has 0 bridgehead atoms. The van der Waals surface area contributed by atoms with Gasteiger partial charge in [0.25, 0.3) is 5.91 Å². The van der Waals surface area contributed by atoms with Gasteiger partial charge >= 0.3 is 0 Å². The summed E-state index contributed by atoms with van der Waals surface area (Å²) in [7, 11) is -3.29. The van der Waals surface area contributed by atoms with Crippen LogP contribution in [0, 0.1) is 5.92 Å². The highest BCUT2D eigenvalue weighted by Gasteiger charge is 2.49. The Kier molecular flexibility index (Phi) is 4.65. The summed E-state index contributed by atoms with van der Waals surface area (Å²) in [6.07, 6.45) is 0. The molecule has 2 aromatic carbocycles. The predicted octanol–water partition coefficient (Wildman–Crippen LogP) is 1.95. The number of fused-ring (bicyclic) bond motifs is 2. The van der Waals surface area contributed by atoms with E-state index >= 15 is 0 Å². The Labute approximate surface area is 165 Å². The van der Waals surface area contributed by atoms with Crippen molar-refractivity contribution in [3.05, 3.63) is 48.0 Å². The fourth-order valence-electron chi connectivity index (χ4n) is 4.30. The molecular weight excluding hydrogens is 376 g/mol. The molecule has 2 aromatic rings. The highest BCUT2D eigenvalue weighted by molar-refractivity contribution is 7.91. The lowest BCUT2D eigenvalue weighted by atomic mass is 10.00. The molecule has 2 amide bonds. The van der Waals surface area contributed by atoms with E-state index in [2.05, 4.69) is 0 Å². The maximum Gasteiger partial charge on any atom is 0.254 e. The van der Waals surface area contributed by atoms with Gasteiger partial charge in [0, 0.05) is 24.6 Å². The molecule has 4 rings (SSSR count). The minimum Gasteiger partial charge on any atom is -0.335 e. The third-order valence-corrected chi connectivity index (χ3v) is 7.41. The van der Waals surface area contributed by atoms with Gasteiger partial charge in [0.05, 0.1) is 23.6 Å². The van der Waals surface area contributed by atoms with Crippen molar-refractivity contribution in [3.8, 4) is 0 Å². The molecule has 0 unspecified atom stereocenters. The molecule has 148 valence electrons. The Morgan fingerprint density at radius 1 is 0.929 bits per heavy atom. The van der Waals surface area contributed by atoms with Crippen molar-refractivity contribution in [2.75, 3.05) is 24.6 Å². The van der Waals surface area contributed by atoms with E-state index in [0.717, 1.165) is 10.8 Å². The van der Waals surface area contributed by atoms with Gasteiger partial charge < -0.3 is 9.80 Å². The van der Waals surface area contributed by atoms with Gasteiger partial charge in [0.2, 0.25) is 5.91 Å². The zero-order chi connectivity index (χ0) is 20.1. The van der Waals surface area contributed by atoms with Crippen LogP contribution in [-0.4, -0.2) is 66.7 Å². The number of piperazine rings is 1. The molecule has 0 saturated carbocycles. The lowest BCUT2D eigenvalue weighted by molar-refractivity contribution is -0.139. The van der Waals surface area contributed by atoms with E-state index in [1.807, 2.05) is 50.2 Å². The van der Waals surface area contributed by atoms with E-state index in [9.17, 15) is 18.0 Å². The minimum absolute atomic E-state index is 0.0510. The SMILES string of the molecule is CC(C)C(=O)N1CCN(C(=O)c2ccc3ccccc3c2)[C@H]2CS(=O)(=O)C[C@H]21. The van der Waals surface area contributed by atoms with Crippen LogP contribution in [0.15, 0.2) is 42.5 Å². The number of nitrogens with zero attached hydrogens (tertiary/aromatic N) is 2. The van der Waals surface area contributed by atoms with E-state index in [1.54, 1.807) is 15.9 Å². The van der Waals surface area contributed by atoms with Crippen molar-refractivity contribution >= 4 is 32.4 Å². The average molecular weight is 401 g/mol. The van der Waals surface area contributed by atoms with Crippen LogP contribution in [0.4, 0.5) is 0 Å². The molecule has 7 heteroatoms. The highest BCUT2D eigenvalue weighted by atomic mass is 32.2. The molecule has 6 nitrogen and oxygen atoms in total. The number of amides is 2. The molecular formula is C21H24N2O4S. The number of rotatable bonds is 2. The molecule has 2 heterocycles. The quantitative estimate of drug-likeness (QED) is 0.772. The number of carbonyl (C=O) groups excluding carboxylic acids is 2. The zero-order valence-electron chi connectivity index (χ0n) is 16.0. The Bertz CT molecular complexity index is 1050. The van der Waals surface area contributed by atoms with E-state index < -0.39 is 21.9 Å². The van der Waals surface area contributed by atoms with Gasteiger partial charge in [0.1, 0.15) is 0 Å². The van der Waals surface area contributed by atoms with Gasteiger partial charge in [-0.1, -0.05) is 44.2 Å². The average Bonchev–Trinajstić information content (AvgIpc) is 3.00. The Hall–Kier alpha value is -2.41. The van der Waals surface area contributed by atoms with Gasteiger partial charge in [-0.25, -0.2) is 8.42 Å². The summed E-state index contributed by atoms with van der Waals surface area (Å²) < 4.78 is 24.7. The van der Waals surface area contributed by atoms with Crippen molar-refractivity contribution < 1.29 is 18.0 Å². The molecule has 0 radical (unpaired) electrons. The Balaban J connectivity index is 1.66. The summed E-state index contributed by atoms with van der Waals surface area (Å²) in [6.45, 7) is 4.34. The van der Waals surface area contributed by atoms with Gasteiger partial charge in [-0.2, -0.15) is 0 Å². The van der Waals surface area contributed by atoms with Crippen LogP contribution < -0.4 is 0 Å². The van der Waals surface area contributed by atoms with Gasteiger partial charge in [0.15, 0.2) is 9.84 Å². The summed E-state index contributed by atoms with van der Waals surface area (Å²) in [5.74, 6) is -0.581. The largest absolute Gasteiger partial charge is 0.335 e. The number of carbonyl (C=O) groups is 2. The first-order chi connectivity index (χ1) is 13.3. The van der Waals surface area contributed by atoms with Crippen LogP contribution in [0.2, 0.25) is 0 Å². The van der Waals surface area contributed by atoms with E-state index in [-0.39, 0.29) is 29.2 Å². The molecule has 2 saturated heterocycles. The summed E-state index contributed by atoms with van der Waals surface area (Å²) in [4.78, 5) is 29.1. The Morgan fingerprint density at radius 2 is 1.54 bits per heavy atom. The van der Waals surface area contributed by atoms with E-state index in [4.69, 9.17) is 0 Å². The molecule has 2 aliphatic heterocycles. The first-order valence-corrected chi connectivity index (χ1v) is 11.4. The third kappa shape index (κ3) is 3.28. The summed E-state index contributed by atoms with van der Waals surface area (Å²) in [6, 6.07) is 12.4. The number of hydrogen-bond donors (Lipinski definition) is 0. The summed E-state index contributed by atoms with van der Waals surface area (Å²) >= 11 is 0. The molecule has 28 heavy (non-hydrogen) atoms. The lowest BCUT2D eigenvalue weighted by Crippen LogP contribution is -2.62. The van der Waals surface area contributed by atoms with Crippen LogP contribution in [0.5, 0.6) is 0 Å². The maximum atomic E-state index is 13.2. The van der Waals surface area contributed by atoms with Crippen molar-refractivity contribution in [1.82, 2.24) is 9.80 Å². The second-order valence-electron chi connectivity index (χ2n) is 7.96. The molecule has 0 aliphatic carbocycles. The van der Waals surface area contributed by atoms with Gasteiger partial charge in [-0.15, -0.1) is 0 Å². The topological polar surface area (TPSA) is 74.8 Å². The standard InChI is InChI=1S/C21H24N2O4S/c1-14(2)20(24)22-9-10-23(19-13-28(26,27)12-18(19)22)21(25)17-8-7-15-5-3-4-6-16(15)11-17/h3-8,11,14,18-19H,9-10,12-13H2,1-2H3/t18-,19+/m1/s1. The van der Waals surface area contributed by atoms with Gasteiger partial charge in [-0.05, 0) is 22.9 Å². The molecule has 2 atom stereocenters. The van der Waals surface area contributed by atoms with Crippen LogP contribution in [-0.2, 0) is 14.6 Å². The van der Waals surface area contributed by atoms with Crippen molar-refractivity contribution in [2.24, 2.45) is 5.92 Å². The number of benzene rings is 2. The van der Waals surface area contributed by atoms with Crippen molar-refractivity contribution in [3.63, 3.8) is 0 Å². The van der Waals surface area contributed by atoms with Crippen LogP contribution in [0.3, 0.4) is 0 Å². The number of hydrogen-bond acceptors (Lipinski definition) is 4. The van der Waals surface area contributed by atoms with Crippen LogP contribution in [0.1, 0.15) is 24.2 Å². The second kappa shape index (κ2) is 6.88. The van der Waals surface area contributed by atoms with Crippen molar-refractivity contribution in [1.29, 1.82) is 0 Å². The van der Waals surface area contributed by atoms with E-state index in [0.29, 0.717) is 18.7 Å². The van der Waals surface area contributed by atoms with Crippen LogP contribution in [0.25, 0.3) is 10.8 Å². The number of sulfone groups is 1. The fourth-order valence-corrected chi connectivity index (χ4v) is 6.28. The smallest absolute Gasteiger partial charge is 0.254 e. The second-order valence-corrected chi connectivity index (χ2v) is 10.1. The predicted molar refractivity (Wildman–Crippen MR) is 108 cm³/mol. The van der Waals surface area contributed by atoms with E-state index in [1.165, 1.54) is 0 Å². The normalized spacial score (nSPS) is 23.8. The lowest BCUT2D eigenvalue weighted by Gasteiger charge is -2.44. The third-order valence-electron chi connectivity index (χ3n) is 5.71. The summed E-state index contributed by atoms with van der Waals surface area (Å²) in [5.41, 5.74) is 0.547. The first kappa shape index (κ1) is 18.9. The highest BCUT2D eigenvalue weighted by Crippen LogP contribution is 2.29. The zero-order valence-corrected chi connectivity index (χ0v) is 16.9. The maximum absolute atomic E-state index is 13.2. The minimum atomic E-state index is -3.29. The molecule has 2 fully saturated rings. The molecule has 0 aromatic heterocycles. The van der Waals surface area contributed by atoms with Crippen molar-refractivity contribution in [2.45, 2.75) is 25.9 Å². The Morgan fingerprint density at radius 3 is 2.21 bits per heavy atom. The molecule has 2 aliphatic rings. The monoisotopic (exact) mass is 400 g/mol. The molecule has 0 spiro atoms. The fraction of sp³-hybridized carbons (Fsp3) is 0.429.